The van der Waals surface area contributed by atoms with Gasteiger partial charge in [-0.05, 0) is 19.4 Å². The van der Waals surface area contributed by atoms with Gasteiger partial charge in [-0.1, -0.05) is 11.6 Å². The SMILES string of the molecule is Cc1cc(Cl)nc(NS(=O)(=O)CCCCl)n1. The number of halogens is 2. The molecule has 0 aliphatic rings. The average Bonchev–Trinajstić information content (AvgIpc) is 2.12. The molecule has 0 unspecified atom stereocenters. The molecule has 0 amide bonds. The number of hydrogen-bond donors (Lipinski definition) is 1. The third kappa shape index (κ3) is 4.51. The van der Waals surface area contributed by atoms with Gasteiger partial charge in [-0.15, -0.1) is 11.6 Å². The van der Waals surface area contributed by atoms with Crippen molar-refractivity contribution in [3.63, 3.8) is 0 Å². The van der Waals surface area contributed by atoms with E-state index < -0.39 is 10.0 Å². The normalized spacial score (nSPS) is 11.4. The van der Waals surface area contributed by atoms with Crippen LogP contribution in [0.15, 0.2) is 6.07 Å². The molecule has 16 heavy (non-hydrogen) atoms. The van der Waals surface area contributed by atoms with Crippen LogP contribution in [0.25, 0.3) is 0 Å². The van der Waals surface area contributed by atoms with Crippen LogP contribution in [-0.4, -0.2) is 30.0 Å². The third-order valence-corrected chi connectivity index (χ3v) is 3.40. The van der Waals surface area contributed by atoms with Gasteiger partial charge in [-0.25, -0.2) is 18.4 Å². The highest BCUT2D eigenvalue weighted by Crippen LogP contribution is 2.11. The number of alkyl halides is 1. The van der Waals surface area contributed by atoms with Gasteiger partial charge in [0.05, 0.1) is 5.75 Å². The monoisotopic (exact) mass is 283 g/mol. The van der Waals surface area contributed by atoms with E-state index >= 15 is 0 Å². The van der Waals surface area contributed by atoms with Crippen LogP contribution in [0.2, 0.25) is 5.15 Å². The van der Waals surface area contributed by atoms with Crippen molar-refractivity contribution in [1.82, 2.24) is 9.97 Å². The average molecular weight is 284 g/mol. The van der Waals surface area contributed by atoms with E-state index in [2.05, 4.69) is 14.7 Å². The van der Waals surface area contributed by atoms with E-state index in [4.69, 9.17) is 23.2 Å². The molecule has 8 heteroatoms. The van der Waals surface area contributed by atoms with Crippen LogP contribution < -0.4 is 4.72 Å². The molecule has 90 valence electrons. The smallest absolute Gasteiger partial charge is 0.238 e. The first-order chi connectivity index (χ1) is 7.43. The van der Waals surface area contributed by atoms with E-state index in [1.807, 2.05) is 0 Å². The Bertz CT molecular complexity index is 444. The Hall–Kier alpha value is -0.590. The molecule has 0 saturated heterocycles. The Morgan fingerprint density at radius 3 is 2.69 bits per heavy atom. The van der Waals surface area contributed by atoms with E-state index in [0.717, 1.165) is 0 Å². The summed E-state index contributed by atoms with van der Waals surface area (Å²) in [5.41, 5.74) is 0.593. The van der Waals surface area contributed by atoms with Crippen LogP contribution in [0.3, 0.4) is 0 Å². The second-order valence-corrected chi connectivity index (χ2v) is 5.73. The highest BCUT2D eigenvalue weighted by atomic mass is 35.5. The van der Waals surface area contributed by atoms with Gasteiger partial charge in [0.1, 0.15) is 5.15 Å². The molecule has 1 rings (SSSR count). The quantitative estimate of drug-likeness (QED) is 0.661. The lowest BCUT2D eigenvalue weighted by Gasteiger charge is -2.06. The van der Waals surface area contributed by atoms with Gasteiger partial charge in [-0.2, -0.15) is 0 Å². The summed E-state index contributed by atoms with van der Waals surface area (Å²) in [5, 5.41) is 0.197. The molecule has 5 nitrogen and oxygen atoms in total. The number of anilines is 1. The van der Waals surface area contributed by atoms with Crippen molar-refractivity contribution in [2.45, 2.75) is 13.3 Å². The standard InChI is InChI=1S/C8H11Cl2N3O2S/c1-6-5-7(10)12-8(11-6)13-16(14,15)4-2-3-9/h5H,2-4H2,1H3,(H,11,12,13). The van der Waals surface area contributed by atoms with Gasteiger partial charge in [0, 0.05) is 11.6 Å². The third-order valence-electron chi connectivity index (χ3n) is 1.62. The van der Waals surface area contributed by atoms with Gasteiger partial charge in [-0.3, -0.25) is 4.72 Å². The lowest BCUT2D eigenvalue weighted by atomic mass is 10.5. The first-order valence-corrected chi connectivity index (χ1v) is 7.07. The molecule has 0 aliphatic carbocycles. The highest BCUT2D eigenvalue weighted by molar-refractivity contribution is 7.92. The molecule has 0 radical (unpaired) electrons. The molecule has 0 fully saturated rings. The molecule has 1 aromatic heterocycles. The lowest BCUT2D eigenvalue weighted by Crippen LogP contribution is -2.18. The van der Waals surface area contributed by atoms with Crippen LogP contribution in [0.5, 0.6) is 0 Å². The molecule has 0 saturated carbocycles. The topological polar surface area (TPSA) is 72.0 Å². The van der Waals surface area contributed by atoms with Crippen LogP contribution in [0.1, 0.15) is 12.1 Å². The molecule has 0 aliphatic heterocycles. The molecule has 0 spiro atoms. The zero-order valence-electron chi connectivity index (χ0n) is 8.57. The predicted molar refractivity (Wildman–Crippen MR) is 64.5 cm³/mol. The second-order valence-electron chi connectivity index (χ2n) is 3.12. The maximum Gasteiger partial charge on any atom is 0.238 e. The van der Waals surface area contributed by atoms with Crippen LogP contribution in [0, 0.1) is 6.92 Å². The van der Waals surface area contributed by atoms with E-state index in [1.165, 1.54) is 6.07 Å². The van der Waals surface area contributed by atoms with E-state index in [-0.39, 0.29) is 22.7 Å². The Morgan fingerprint density at radius 1 is 1.44 bits per heavy atom. The van der Waals surface area contributed by atoms with Gasteiger partial charge in [0.25, 0.3) is 0 Å². The molecule has 1 heterocycles. The van der Waals surface area contributed by atoms with Gasteiger partial charge < -0.3 is 0 Å². The summed E-state index contributed by atoms with van der Waals surface area (Å²) in [7, 11) is -3.45. The number of aromatic nitrogens is 2. The number of nitrogens with zero attached hydrogens (tertiary/aromatic N) is 2. The van der Waals surface area contributed by atoms with Crippen molar-refractivity contribution < 1.29 is 8.42 Å². The minimum atomic E-state index is -3.45. The molecule has 0 atom stereocenters. The fourth-order valence-electron chi connectivity index (χ4n) is 1.01. The molecule has 1 aromatic rings. The van der Waals surface area contributed by atoms with Gasteiger partial charge in [0.15, 0.2) is 0 Å². The van der Waals surface area contributed by atoms with Crippen LogP contribution in [0.4, 0.5) is 5.95 Å². The maximum absolute atomic E-state index is 11.5. The summed E-state index contributed by atoms with van der Waals surface area (Å²) in [6, 6.07) is 1.54. The zero-order chi connectivity index (χ0) is 12.2. The predicted octanol–water partition coefficient (Wildman–Crippen LogP) is 1.81. The molecular weight excluding hydrogens is 273 g/mol. The van der Waals surface area contributed by atoms with Crippen molar-refractivity contribution in [3.8, 4) is 0 Å². The minimum Gasteiger partial charge on any atom is -0.251 e. The van der Waals surface area contributed by atoms with Gasteiger partial charge >= 0.3 is 0 Å². The summed E-state index contributed by atoms with van der Waals surface area (Å²) in [5.74, 6) is 0.210. The number of sulfonamides is 1. The zero-order valence-corrected chi connectivity index (χ0v) is 10.9. The van der Waals surface area contributed by atoms with Crippen LogP contribution in [-0.2, 0) is 10.0 Å². The number of rotatable bonds is 5. The molecule has 0 bridgehead atoms. The minimum absolute atomic E-state index is 0.0143. The summed E-state index contributed by atoms with van der Waals surface area (Å²) >= 11 is 11.1. The Morgan fingerprint density at radius 2 is 2.12 bits per heavy atom. The van der Waals surface area contributed by atoms with Crippen LogP contribution >= 0.6 is 23.2 Å². The maximum atomic E-state index is 11.5. The summed E-state index contributed by atoms with van der Waals surface area (Å²) in [4.78, 5) is 7.67. The largest absolute Gasteiger partial charge is 0.251 e. The van der Waals surface area contributed by atoms with Crippen molar-refractivity contribution >= 4 is 39.2 Å². The van der Waals surface area contributed by atoms with Crippen molar-refractivity contribution in [2.24, 2.45) is 0 Å². The molecular formula is C8H11Cl2N3O2S. The van der Waals surface area contributed by atoms with E-state index in [1.54, 1.807) is 6.92 Å². The Kier molecular flexibility index (Phi) is 4.76. The van der Waals surface area contributed by atoms with Gasteiger partial charge in [0.2, 0.25) is 16.0 Å². The second kappa shape index (κ2) is 5.65. The fraction of sp³-hybridized carbons (Fsp3) is 0.500. The Balaban J connectivity index is 2.80. The van der Waals surface area contributed by atoms with E-state index in [9.17, 15) is 8.42 Å². The first kappa shape index (κ1) is 13.5. The molecule has 1 N–H and O–H groups in total. The van der Waals surface area contributed by atoms with Crippen molar-refractivity contribution in [2.75, 3.05) is 16.4 Å². The Labute approximate surface area is 104 Å². The number of nitrogens with one attached hydrogen (secondary N) is 1. The summed E-state index contributed by atoms with van der Waals surface area (Å²) in [6.45, 7) is 1.70. The number of hydrogen-bond acceptors (Lipinski definition) is 4. The van der Waals surface area contributed by atoms with E-state index in [0.29, 0.717) is 12.1 Å². The summed E-state index contributed by atoms with van der Waals surface area (Å²) in [6.07, 6.45) is 0.371. The first-order valence-electron chi connectivity index (χ1n) is 4.50. The highest BCUT2D eigenvalue weighted by Gasteiger charge is 2.12. The van der Waals surface area contributed by atoms with Crippen molar-refractivity contribution in [1.29, 1.82) is 0 Å². The fourth-order valence-corrected chi connectivity index (χ4v) is 2.54. The number of aryl methyl sites for hydroxylation is 1. The summed E-state index contributed by atoms with van der Waals surface area (Å²) < 4.78 is 25.2. The lowest BCUT2D eigenvalue weighted by molar-refractivity contribution is 0.599. The van der Waals surface area contributed by atoms with Crippen molar-refractivity contribution in [3.05, 3.63) is 16.9 Å². The molecule has 0 aromatic carbocycles.